The molecule has 0 radical (unpaired) electrons. The van der Waals surface area contributed by atoms with Crippen LogP contribution in [-0.4, -0.2) is 19.0 Å². The fraction of sp³-hybridized carbons (Fsp3) is 0.208. The molecule has 4 rings (SSSR count). The quantitative estimate of drug-likeness (QED) is 0.537. The van der Waals surface area contributed by atoms with E-state index in [-0.39, 0.29) is 11.3 Å². The van der Waals surface area contributed by atoms with Gasteiger partial charge in [-0.2, -0.15) is 0 Å². The maximum absolute atomic E-state index is 13.8. The molecule has 0 bridgehead atoms. The Morgan fingerprint density at radius 1 is 0.821 bits per heavy atom. The Morgan fingerprint density at radius 3 is 1.96 bits per heavy atom. The summed E-state index contributed by atoms with van der Waals surface area (Å²) in [6, 6.07) is 22.9. The second kappa shape index (κ2) is 6.70. The van der Waals surface area contributed by atoms with Gasteiger partial charge in [-0.3, -0.25) is 4.79 Å². The molecule has 2 atom stereocenters. The van der Waals surface area contributed by atoms with Crippen LogP contribution < -0.4 is 0 Å². The minimum atomic E-state index is -2.05. The van der Waals surface area contributed by atoms with Crippen LogP contribution in [0.1, 0.15) is 27.0 Å². The van der Waals surface area contributed by atoms with Crippen LogP contribution in [-0.2, 0) is 5.60 Å². The average Bonchev–Trinajstić information content (AvgIpc) is 2.67. The number of Topliss-reactive ketones (excluding diaryl/α,β-unsaturated/α-hetero) is 1. The Balaban J connectivity index is 2.03. The van der Waals surface area contributed by atoms with Crippen LogP contribution >= 0.6 is 11.6 Å². The van der Waals surface area contributed by atoms with Crippen molar-refractivity contribution >= 4 is 25.5 Å². The Morgan fingerprint density at radius 2 is 1.36 bits per heavy atom. The van der Waals surface area contributed by atoms with Crippen molar-refractivity contribution in [3.8, 4) is 11.1 Å². The SMILES string of the molecule is C[Si](C)(C)C(c1ccc(Cl)cc1)C1(O)C(=O)c2ccccc2-c2ccccc21. The number of hydrogen-bond acceptors (Lipinski definition) is 2. The van der Waals surface area contributed by atoms with Crippen molar-refractivity contribution < 1.29 is 9.90 Å². The highest BCUT2D eigenvalue weighted by Crippen LogP contribution is 2.51. The third-order valence-electron chi connectivity index (χ3n) is 5.63. The van der Waals surface area contributed by atoms with Crippen LogP contribution in [0.15, 0.2) is 72.8 Å². The van der Waals surface area contributed by atoms with Gasteiger partial charge in [-0.05, 0) is 34.4 Å². The molecule has 0 aliphatic heterocycles. The molecule has 4 heteroatoms. The third kappa shape index (κ3) is 2.86. The van der Waals surface area contributed by atoms with Crippen molar-refractivity contribution in [3.05, 3.63) is 94.5 Å². The third-order valence-corrected chi connectivity index (χ3v) is 8.37. The predicted molar refractivity (Wildman–Crippen MR) is 118 cm³/mol. The summed E-state index contributed by atoms with van der Waals surface area (Å²) in [5, 5.41) is 12.9. The summed E-state index contributed by atoms with van der Waals surface area (Å²) < 4.78 is 0. The van der Waals surface area contributed by atoms with E-state index in [1.807, 2.05) is 72.8 Å². The molecular formula is C24H23ClO2Si. The Labute approximate surface area is 171 Å². The van der Waals surface area contributed by atoms with Crippen molar-refractivity contribution in [2.75, 3.05) is 0 Å². The molecule has 28 heavy (non-hydrogen) atoms. The highest BCUT2D eigenvalue weighted by Gasteiger charge is 2.54. The number of hydrogen-bond donors (Lipinski definition) is 1. The summed E-state index contributed by atoms with van der Waals surface area (Å²) in [5.41, 5.74) is 2.13. The van der Waals surface area contributed by atoms with Gasteiger partial charge < -0.3 is 5.11 Å². The van der Waals surface area contributed by atoms with Gasteiger partial charge >= 0.3 is 0 Å². The Hall–Kier alpha value is -2.20. The lowest BCUT2D eigenvalue weighted by Crippen LogP contribution is -2.52. The van der Waals surface area contributed by atoms with Crippen molar-refractivity contribution in [2.45, 2.75) is 30.8 Å². The topological polar surface area (TPSA) is 37.3 Å². The molecule has 1 aliphatic rings. The van der Waals surface area contributed by atoms with E-state index in [0.29, 0.717) is 16.1 Å². The van der Waals surface area contributed by atoms with Crippen molar-refractivity contribution in [1.29, 1.82) is 0 Å². The van der Waals surface area contributed by atoms with E-state index in [1.165, 1.54) is 0 Å². The van der Waals surface area contributed by atoms with Crippen LogP contribution in [0.2, 0.25) is 24.7 Å². The zero-order chi connectivity index (χ0) is 20.1. The fourth-order valence-corrected chi connectivity index (χ4v) is 7.46. The minimum absolute atomic E-state index is 0.218. The summed E-state index contributed by atoms with van der Waals surface area (Å²) in [5.74, 6) is -0.218. The van der Waals surface area contributed by atoms with Crippen LogP contribution in [0.5, 0.6) is 0 Å². The van der Waals surface area contributed by atoms with Crippen LogP contribution in [0.25, 0.3) is 11.1 Å². The molecule has 0 aromatic heterocycles. The molecule has 2 nitrogen and oxygen atoms in total. The molecule has 1 N–H and O–H groups in total. The standard InChI is InChI=1S/C24H23ClO2Si/c1-28(2,3)23(16-12-14-17(25)15-13-16)24(27)21-11-7-6-9-19(21)18-8-4-5-10-20(18)22(24)26/h4-15,23,27H,1-3H3. The monoisotopic (exact) mass is 406 g/mol. The summed E-state index contributed by atoms with van der Waals surface area (Å²) in [4.78, 5) is 13.8. The smallest absolute Gasteiger partial charge is 0.199 e. The maximum atomic E-state index is 13.8. The molecule has 1 aliphatic carbocycles. The Bertz CT molecular complexity index is 1050. The number of fused-ring (bicyclic) bond motifs is 3. The zero-order valence-electron chi connectivity index (χ0n) is 16.2. The van der Waals surface area contributed by atoms with Gasteiger partial charge in [-0.25, -0.2) is 0 Å². The molecule has 142 valence electrons. The summed E-state index contributed by atoms with van der Waals surface area (Å²) in [6.45, 7) is 6.59. The van der Waals surface area contributed by atoms with Gasteiger partial charge in [-0.1, -0.05) is 91.9 Å². The number of carbonyl (C=O) groups excluding carboxylic acids is 1. The first-order valence-electron chi connectivity index (χ1n) is 9.46. The lowest BCUT2D eigenvalue weighted by atomic mass is 9.71. The first kappa shape index (κ1) is 19.1. The number of ketones is 1. The highest BCUT2D eigenvalue weighted by atomic mass is 35.5. The average molecular weight is 407 g/mol. The van der Waals surface area contributed by atoms with Crippen LogP contribution in [0.3, 0.4) is 0 Å². The number of halogens is 1. The fourth-order valence-electron chi connectivity index (χ4n) is 4.60. The first-order valence-corrected chi connectivity index (χ1v) is 13.4. The largest absolute Gasteiger partial charge is 0.377 e. The van der Waals surface area contributed by atoms with E-state index in [0.717, 1.165) is 16.7 Å². The van der Waals surface area contributed by atoms with Crippen LogP contribution in [0, 0.1) is 0 Å². The second-order valence-corrected chi connectivity index (χ2v) is 14.3. The molecule has 0 saturated heterocycles. The van der Waals surface area contributed by atoms with E-state index in [2.05, 4.69) is 19.6 Å². The van der Waals surface area contributed by atoms with Crippen molar-refractivity contribution in [3.63, 3.8) is 0 Å². The van der Waals surface area contributed by atoms with E-state index in [9.17, 15) is 9.90 Å². The number of aliphatic hydroxyl groups is 1. The van der Waals surface area contributed by atoms with E-state index >= 15 is 0 Å². The van der Waals surface area contributed by atoms with E-state index < -0.39 is 13.7 Å². The number of rotatable bonds is 3. The zero-order valence-corrected chi connectivity index (χ0v) is 18.0. The van der Waals surface area contributed by atoms with Gasteiger partial charge in [0.1, 0.15) is 0 Å². The van der Waals surface area contributed by atoms with Crippen LogP contribution in [0.4, 0.5) is 0 Å². The van der Waals surface area contributed by atoms with Gasteiger partial charge in [0.25, 0.3) is 0 Å². The molecule has 0 saturated carbocycles. The van der Waals surface area contributed by atoms with Gasteiger partial charge in [0, 0.05) is 16.1 Å². The predicted octanol–water partition coefficient (Wildman–Crippen LogP) is 6.05. The van der Waals surface area contributed by atoms with E-state index in [4.69, 9.17) is 11.6 Å². The Kier molecular flexibility index (Phi) is 4.57. The molecule has 0 heterocycles. The lowest BCUT2D eigenvalue weighted by Gasteiger charge is -2.45. The molecule has 0 fully saturated rings. The van der Waals surface area contributed by atoms with Crippen molar-refractivity contribution in [2.24, 2.45) is 0 Å². The van der Waals surface area contributed by atoms with Gasteiger partial charge in [-0.15, -0.1) is 0 Å². The van der Waals surface area contributed by atoms with Gasteiger partial charge in [0.2, 0.25) is 0 Å². The minimum Gasteiger partial charge on any atom is -0.377 e. The summed E-state index contributed by atoms with van der Waals surface area (Å²) in [7, 11) is -2.05. The molecule has 0 amide bonds. The first-order chi connectivity index (χ1) is 13.2. The van der Waals surface area contributed by atoms with Gasteiger partial charge in [0.15, 0.2) is 11.4 Å². The van der Waals surface area contributed by atoms with Crippen molar-refractivity contribution in [1.82, 2.24) is 0 Å². The molecular weight excluding hydrogens is 384 g/mol. The molecule has 2 unspecified atom stereocenters. The van der Waals surface area contributed by atoms with Gasteiger partial charge in [0.05, 0.1) is 8.07 Å². The number of carbonyl (C=O) groups is 1. The number of benzene rings is 3. The molecule has 3 aromatic rings. The molecule has 0 spiro atoms. The molecule has 3 aromatic carbocycles. The van der Waals surface area contributed by atoms with E-state index in [1.54, 1.807) is 0 Å². The lowest BCUT2D eigenvalue weighted by molar-refractivity contribution is 0.0248. The normalized spacial score (nSPS) is 19.7. The summed E-state index contributed by atoms with van der Waals surface area (Å²) >= 11 is 6.11. The second-order valence-electron chi connectivity index (χ2n) is 8.54. The summed E-state index contributed by atoms with van der Waals surface area (Å²) in [6.07, 6.45) is 0. The highest BCUT2D eigenvalue weighted by molar-refractivity contribution is 6.78. The maximum Gasteiger partial charge on any atom is 0.199 e.